The van der Waals surface area contributed by atoms with Crippen LogP contribution in [0.25, 0.3) is 0 Å². The SMILES string of the molecule is CN(Cc1ccccc1)C(=O)C1CC1C(=O)Nc1ccc2c(c1)OCO2. The molecule has 1 N–H and O–H groups in total. The van der Waals surface area contributed by atoms with Gasteiger partial charge in [-0.2, -0.15) is 0 Å². The second-order valence-electron chi connectivity index (χ2n) is 6.69. The van der Waals surface area contributed by atoms with Crippen molar-refractivity contribution < 1.29 is 19.1 Å². The fraction of sp³-hybridized carbons (Fsp3) is 0.300. The van der Waals surface area contributed by atoms with Crippen molar-refractivity contribution in [1.29, 1.82) is 0 Å². The maximum Gasteiger partial charge on any atom is 0.231 e. The molecule has 4 rings (SSSR count). The van der Waals surface area contributed by atoms with Gasteiger partial charge in [-0.05, 0) is 24.1 Å². The number of hydrogen-bond donors (Lipinski definition) is 1. The van der Waals surface area contributed by atoms with Crippen LogP contribution in [0.3, 0.4) is 0 Å². The lowest BCUT2D eigenvalue weighted by atomic mass is 10.2. The van der Waals surface area contributed by atoms with Gasteiger partial charge < -0.3 is 19.7 Å². The Kier molecular flexibility index (Phi) is 4.24. The van der Waals surface area contributed by atoms with E-state index in [0.29, 0.717) is 30.2 Å². The molecule has 2 unspecified atom stereocenters. The van der Waals surface area contributed by atoms with Crippen LogP contribution in [-0.2, 0) is 16.1 Å². The van der Waals surface area contributed by atoms with Crippen molar-refractivity contribution >= 4 is 17.5 Å². The molecule has 6 heteroatoms. The molecule has 2 aliphatic rings. The van der Waals surface area contributed by atoms with E-state index in [1.54, 1.807) is 30.1 Å². The third kappa shape index (κ3) is 3.35. The molecule has 2 aromatic carbocycles. The second-order valence-corrected chi connectivity index (χ2v) is 6.69. The van der Waals surface area contributed by atoms with E-state index in [-0.39, 0.29) is 30.4 Å². The van der Waals surface area contributed by atoms with Gasteiger partial charge in [0.1, 0.15) is 0 Å². The molecule has 0 aromatic heterocycles. The molecule has 0 spiro atoms. The zero-order valence-corrected chi connectivity index (χ0v) is 14.5. The number of benzene rings is 2. The molecule has 0 bridgehead atoms. The highest BCUT2D eigenvalue weighted by Crippen LogP contribution is 2.41. The van der Waals surface area contributed by atoms with Gasteiger partial charge in [-0.15, -0.1) is 0 Å². The van der Waals surface area contributed by atoms with Crippen LogP contribution >= 0.6 is 0 Å². The number of nitrogens with one attached hydrogen (secondary N) is 1. The summed E-state index contributed by atoms with van der Waals surface area (Å²) in [5.74, 6) is 0.665. The molecule has 2 atom stereocenters. The predicted molar refractivity (Wildman–Crippen MR) is 95.7 cm³/mol. The highest BCUT2D eigenvalue weighted by atomic mass is 16.7. The van der Waals surface area contributed by atoms with Gasteiger partial charge in [0, 0.05) is 25.3 Å². The normalized spacial score (nSPS) is 19.7. The average Bonchev–Trinajstić information content (AvgIpc) is 3.32. The minimum Gasteiger partial charge on any atom is -0.454 e. The van der Waals surface area contributed by atoms with E-state index in [2.05, 4.69) is 5.32 Å². The molecule has 2 amide bonds. The number of nitrogens with zero attached hydrogens (tertiary/aromatic N) is 1. The maximum atomic E-state index is 12.5. The number of fused-ring (bicyclic) bond motifs is 1. The molecule has 1 fully saturated rings. The summed E-state index contributed by atoms with van der Waals surface area (Å²) in [5.41, 5.74) is 1.72. The molecule has 0 radical (unpaired) electrons. The molecule has 1 aliphatic carbocycles. The molecular formula is C20H20N2O4. The Balaban J connectivity index is 1.32. The minimum atomic E-state index is -0.272. The van der Waals surface area contributed by atoms with Crippen molar-refractivity contribution in [2.75, 3.05) is 19.2 Å². The first kappa shape index (κ1) is 16.4. The molecule has 1 aliphatic heterocycles. The van der Waals surface area contributed by atoms with E-state index in [4.69, 9.17) is 9.47 Å². The first-order valence-electron chi connectivity index (χ1n) is 8.61. The van der Waals surface area contributed by atoms with Gasteiger partial charge in [0.2, 0.25) is 18.6 Å². The summed E-state index contributed by atoms with van der Waals surface area (Å²) in [5, 5.41) is 2.86. The van der Waals surface area contributed by atoms with Crippen LogP contribution in [0.5, 0.6) is 11.5 Å². The van der Waals surface area contributed by atoms with Gasteiger partial charge >= 0.3 is 0 Å². The van der Waals surface area contributed by atoms with Gasteiger partial charge in [-0.1, -0.05) is 30.3 Å². The zero-order chi connectivity index (χ0) is 18.1. The lowest BCUT2D eigenvalue weighted by molar-refractivity contribution is -0.133. The third-order valence-electron chi connectivity index (χ3n) is 4.72. The quantitative estimate of drug-likeness (QED) is 0.898. The lowest BCUT2D eigenvalue weighted by Gasteiger charge is -2.17. The maximum absolute atomic E-state index is 12.5. The van der Waals surface area contributed by atoms with E-state index in [1.165, 1.54) is 0 Å². The predicted octanol–water partition coefficient (Wildman–Crippen LogP) is 2.65. The summed E-state index contributed by atoms with van der Waals surface area (Å²) >= 11 is 0. The zero-order valence-electron chi connectivity index (χ0n) is 14.5. The van der Waals surface area contributed by atoms with Gasteiger partial charge in [-0.3, -0.25) is 9.59 Å². The molecule has 134 valence electrons. The van der Waals surface area contributed by atoms with Crippen molar-refractivity contribution in [1.82, 2.24) is 4.90 Å². The number of amides is 2. The van der Waals surface area contributed by atoms with Crippen LogP contribution in [0.1, 0.15) is 12.0 Å². The van der Waals surface area contributed by atoms with Crippen LogP contribution in [0.2, 0.25) is 0 Å². The van der Waals surface area contributed by atoms with E-state index < -0.39 is 0 Å². The van der Waals surface area contributed by atoms with Gasteiger partial charge in [0.05, 0.1) is 11.8 Å². The van der Waals surface area contributed by atoms with Gasteiger partial charge in [-0.25, -0.2) is 0 Å². The minimum absolute atomic E-state index is 0.0136. The topological polar surface area (TPSA) is 67.9 Å². The summed E-state index contributed by atoms with van der Waals surface area (Å²) in [4.78, 5) is 26.6. The summed E-state index contributed by atoms with van der Waals surface area (Å²) in [6, 6.07) is 15.1. The van der Waals surface area contributed by atoms with E-state index in [9.17, 15) is 9.59 Å². The molecule has 6 nitrogen and oxygen atoms in total. The van der Waals surface area contributed by atoms with Crippen LogP contribution in [0.4, 0.5) is 5.69 Å². The van der Waals surface area contributed by atoms with E-state index >= 15 is 0 Å². The van der Waals surface area contributed by atoms with E-state index in [0.717, 1.165) is 5.56 Å². The third-order valence-corrected chi connectivity index (χ3v) is 4.72. The monoisotopic (exact) mass is 352 g/mol. The summed E-state index contributed by atoms with van der Waals surface area (Å²) in [6.07, 6.45) is 0.592. The Hall–Kier alpha value is -3.02. The Bertz CT molecular complexity index is 837. The van der Waals surface area contributed by atoms with Crippen LogP contribution in [0.15, 0.2) is 48.5 Å². The Morgan fingerprint density at radius 2 is 1.85 bits per heavy atom. The van der Waals surface area contributed by atoms with Gasteiger partial charge in [0.15, 0.2) is 11.5 Å². The van der Waals surface area contributed by atoms with Crippen LogP contribution in [0, 0.1) is 11.8 Å². The van der Waals surface area contributed by atoms with Crippen molar-refractivity contribution in [3.05, 3.63) is 54.1 Å². The number of rotatable bonds is 5. The van der Waals surface area contributed by atoms with Crippen LogP contribution in [-0.4, -0.2) is 30.6 Å². The molecule has 1 saturated carbocycles. The highest BCUT2D eigenvalue weighted by molar-refractivity contribution is 5.99. The summed E-state index contributed by atoms with van der Waals surface area (Å²) in [7, 11) is 1.78. The number of ether oxygens (including phenoxy) is 2. The smallest absolute Gasteiger partial charge is 0.231 e. The molecular weight excluding hydrogens is 332 g/mol. The second kappa shape index (κ2) is 6.71. The number of anilines is 1. The number of carbonyl (C=O) groups is 2. The van der Waals surface area contributed by atoms with Crippen molar-refractivity contribution in [2.24, 2.45) is 11.8 Å². The van der Waals surface area contributed by atoms with Gasteiger partial charge in [0.25, 0.3) is 0 Å². The molecule has 0 saturated heterocycles. The molecule has 2 aromatic rings. The molecule has 1 heterocycles. The first-order valence-corrected chi connectivity index (χ1v) is 8.61. The average molecular weight is 352 g/mol. The van der Waals surface area contributed by atoms with E-state index in [1.807, 2.05) is 30.3 Å². The standard InChI is InChI=1S/C20H20N2O4/c1-22(11-13-5-3-2-4-6-13)20(24)16-10-15(16)19(23)21-14-7-8-17-18(9-14)26-12-25-17/h2-9,15-16H,10-12H2,1H3,(H,21,23). The lowest BCUT2D eigenvalue weighted by Crippen LogP contribution is -2.29. The largest absolute Gasteiger partial charge is 0.454 e. The number of carbonyl (C=O) groups excluding carboxylic acids is 2. The summed E-state index contributed by atoms with van der Waals surface area (Å²) in [6.45, 7) is 0.742. The fourth-order valence-corrected chi connectivity index (χ4v) is 3.19. The first-order chi connectivity index (χ1) is 12.6. The Morgan fingerprint density at radius 3 is 2.65 bits per heavy atom. The van der Waals surface area contributed by atoms with Crippen molar-refractivity contribution in [2.45, 2.75) is 13.0 Å². The molecule has 26 heavy (non-hydrogen) atoms. The van der Waals surface area contributed by atoms with Crippen LogP contribution < -0.4 is 14.8 Å². The van der Waals surface area contributed by atoms with Crippen molar-refractivity contribution in [3.8, 4) is 11.5 Å². The Labute approximate surface area is 151 Å². The highest BCUT2D eigenvalue weighted by Gasteiger charge is 2.49. The van der Waals surface area contributed by atoms with Crippen molar-refractivity contribution in [3.63, 3.8) is 0 Å². The summed E-state index contributed by atoms with van der Waals surface area (Å²) < 4.78 is 10.6. The Morgan fingerprint density at radius 1 is 1.08 bits per heavy atom. The fourth-order valence-electron chi connectivity index (χ4n) is 3.19. The number of hydrogen-bond acceptors (Lipinski definition) is 4.